The van der Waals surface area contributed by atoms with E-state index in [1.165, 1.54) is 0 Å². The first-order chi connectivity index (χ1) is 11.8. The number of ether oxygens (including phenoxy) is 1. The molecule has 3 rings (SSSR count). The molecule has 1 heterocycles. The maximum Gasteiger partial charge on any atom is 0.251 e. The number of hydrogen-bond donors (Lipinski definition) is 1. The Hall–Kier alpha value is -3.14. The van der Waals surface area contributed by atoms with E-state index in [1.54, 1.807) is 19.5 Å². The number of rotatable bonds is 5. The average Bonchev–Trinajstić information content (AvgIpc) is 2.67. The van der Waals surface area contributed by atoms with E-state index in [2.05, 4.69) is 10.3 Å². The maximum absolute atomic E-state index is 12.3. The fraction of sp³-hybridized carbons (Fsp3) is 0.100. The van der Waals surface area contributed by atoms with Crippen LogP contribution in [0.5, 0.6) is 5.75 Å². The van der Waals surface area contributed by atoms with Gasteiger partial charge in [0.2, 0.25) is 0 Å². The molecule has 0 bridgehead atoms. The van der Waals surface area contributed by atoms with Crippen molar-refractivity contribution in [3.8, 4) is 16.9 Å². The van der Waals surface area contributed by atoms with Crippen LogP contribution in [0.2, 0.25) is 0 Å². The number of pyridine rings is 1. The Labute approximate surface area is 141 Å². The van der Waals surface area contributed by atoms with Gasteiger partial charge in [-0.2, -0.15) is 0 Å². The Morgan fingerprint density at radius 3 is 2.58 bits per heavy atom. The molecule has 2 aromatic carbocycles. The number of benzene rings is 2. The van der Waals surface area contributed by atoms with Crippen molar-refractivity contribution in [1.29, 1.82) is 0 Å². The summed E-state index contributed by atoms with van der Waals surface area (Å²) in [6.45, 7) is 0.459. The summed E-state index contributed by atoms with van der Waals surface area (Å²) >= 11 is 0. The molecule has 1 aromatic heterocycles. The van der Waals surface area contributed by atoms with Gasteiger partial charge in [-0.15, -0.1) is 0 Å². The van der Waals surface area contributed by atoms with Crippen LogP contribution in [-0.2, 0) is 6.54 Å². The Balaban J connectivity index is 1.65. The Morgan fingerprint density at radius 2 is 1.88 bits per heavy atom. The van der Waals surface area contributed by atoms with Crippen LogP contribution in [0.4, 0.5) is 0 Å². The number of carbonyl (C=O) groups excluding carboxylic acids is 1. The summed E-state index contributed by atoms with van der Waals surface area (Å²) in [4.78, 5) is 16.4. The van der Waals surface area contributed by atoms with Crippen molar-refractivity contribution in [2.45, 2.75) is 6.54 Å². The lowest BCUT2D eigenvalue weighted by atomic mass is 10.1. The minimum absolute atomic E-state index is 0.101. The quantitative estimate of drug-likeness (QED) is 0.780. The van der Waals surface area contributed by atoms with Crippen molar-refractivity contribution in [1.82, 2.24) is 10.3 Å². The molecule has 1 amide bonds. The van der Waals surface area contributed by atoms with E-state index in [1.807, 2.05) is 60.7 Å². The molecule has 0 unspecified atom stereocenters. The van der Waals surface area contributed by atoms with Gasteiger partial charge in [-0.1, -0.05) is 30.3 Å². The first-order valence-corrected chi connectivity index (χ1v) is 7.68. The summed E-state index contributed by atoms with van der Waals surface area (Å²) in [5.74, 6) is 0.679. The fourth-order valence-electron chi connectivity index (χ4n) is 2.41. The van der Waals surface area contributed by atoms with E-state index < -0.39 is 0 Å². The minimum atomic E-state index is -0.101. The van der Waals surface area contributed by atoms with E-state index in [4.69, 9.17) is 4.74 Å². The van der Waals surface area contributed by atoms with Gasteiger partial charge in [-0.25, -0.2) is 0 Å². The third kappa shape index (κ3) is 3.79. The highest BCUT2D eigenvalue weighted by Crippen LogP contribution is 2.18. The molecule has 24 heavy (non-hydrogen) atoms. The van der Waals surface area contributed by atoms with Gasteiger partial charge < -0.3 is 10.1 Å². The summed E-state index contributed by atoms with van der Waals surface area (Å²) in [5.41, 5.74) is 3.69. The molecule has 0 aliphatic rings. The molecule has 0 atom stereocenters. The molecule has 3 aromatic rings. The number of aromatic nitrogens is 1. The smallest absolute Gasteiger partial charge is 0.251 e. The van der Waals surface area contributed by atoms with Crippen LogP contribution in [0.3, 0.4) is 0 Å². The standard InChI is InChI=1S/C20H18N2O2/c1-24-19-6-2-4-15(12-19)13-22-20(23)17-9-7-16(8-10-17)18-5-3-11-21-14-18/h2-12,14H,13H2,1H3,(H,22,23). The largest absolute Gasteiger partial charge is 0.497 e. The first-order valence-electron chi connectivity index (χ1n) is 7.68. The molecule has 1 N–H and O–H groups in total. The third-order valence-electron chi connectivity index (χ3n) is 3.73. The topological polar surface area (TPSA) is 51.2 Å². The highest BCUT2D eigenvalue weighted by molar-refractivity contribution is 5.94. The second kappa shape index (κ2) is 7.42. The lowest BCUT2D eigenvalue weighted by Gasteiger charge is -2.08. The SMILES string of the molecule is COc1cccc(CNC(=O)c2ccc(-c3cccnc3)cc2)c1. The van der Waals surface area contributed by atoms with Crippen molar-refractivity contribution < 1.29 is 9.53 Å². The van der Waals surface area contributed by atoms with Crippen molar-refractivity contribution in [2.24, 2.45) is 0 Å². The Kier molecular flexibility index (Phi) is 4.87. The van der Waals surface area contributed by atoms with Crippen molar-refractivity contribution in [3.05, 3.63) is 84.2 Å². The lowest BCUT2D eigenvalue weighted by molar-refractivity contribution is 0.0951. The van der Waals surface area contributed by atoms with Crippen molar-refractivity contribution in [3.63, 3.8) is 0 Å². The summed E-state index contributed by atoms with van der Waals surface area (Å²) < 4.78 is 5.18. The molecule has 4 nitrogen and oxygen atoms in total. The van der Waals surface area contributed by atoms with Crippen LogP contribution in [-0.4, -0.2) is 18.0 Å². The van der Waals surface area contributed by atoms with Crippen LogP contribution >= 0.6 is 0 Å². The molecule has 0 saturated carbocycles. The number of carbonyl (C=O) groups is 1. The zero-order valence-corrected chi connectivity index (χ0v) is 13.4. The molecule has 0 spiro atoms. The molecule has 0 aliphatic carbocycles. The highest BCUT2D eigenvalue weighted by atomic mass is 16.5. The van der Waals surface area contributed by atoms with Gasteiger partial charge in [-0.3, -0.25) is 9.78 Å². The number of hydrogen-bond acceptors (Lipinski definition) is 3. The number of amides is 1. The van der Waals surface area contributed by atoms with E-state index in [0.29, 0.717) is 12.1 Å². The molecule has 4 heteroatoms. The zero-order valence-electron chi connectivity index (χ0n) is 13.4. The second-order valence-corrected chi connectivity index (χ2v) is 5.35. The molecule has 0 saturated heterocycles. The van der Waals surface area contributed by atoms with E-state index >= 15 is 0 Å². The summed E-state index contributed by atoms with van der Waals surface area (Å²) in [6.07, 6.45) is 3.54. The molecule has 0 radical (unpaired) electrons. The summed E-state index contributed by atoms with van der Waals surface area (Å²) in [5, 5.41) is 2.92. The third-order valence-corrected chi connectivity index (χ3v) is 3.73. The number of nitrogens with one attached hydrogen (secondary N) is 1. The van der Waals surface area contributed by atoms with Crippen LogP contribution in [0.1, 0.15) is 15.9 Å². The predicted octanol–water partition coefficient (Wildman–Crippen LogP) is 3.69. The van der Waals surface area contributed by atoms with Gasteiger partial charge in [0.25, 0.3) is 5.91 Å². The van der Waals surface area contributed by atoms with E-state index in [0.717, 1.165) is 22.4 Å². The van der Waals surface area contributed by atoms with Gasteiger partial charge in [0.05, 0.1) is 7.11 Å². The molecule has 0 fully saturated rings. The fourth-order valence-corrected chi connectivity index (χ4v) is 2.41. The Bertz CT molecular complexity index is 815. The molecular weight excluding hydrogens is 300 g/mol. The van der Waals surface area contributed by atoms with Crippen molar-refractivity contribution >= 4 is 5.91 Å². The predicted molar refractivity (Wildman–Crippen MR) is 93.8 cm³/mol. The number of methoxy groups -OCH3 is 1. The van der Waals surface area contributed by atoms with E-state index in [-0.39, 0.29) is 5.91 Å². The van der Waals surface area contributed by atoms with Crippen LogP contribution in [0.15, 0.2) is 73.1 Å². The van der Waals surface area contributed by atoms with Gasteiger partial charge in [0, 0.05) is 24.5 Å². The van der Waals surface area contributed by atoms with Gasteiger partial charge in [0.1, 0.15) is 5.75 Å². The highest BCUT2D eigenvalue weighted by Gasteiger charge is 2.06. The number of nitrogens with zero attached hydrogens (tertiary/aromatic N) is 1. The van der Waals surface area contributed by atoms with Crippen LogP contribution in [0.25, 0.3) is 11.1 Å². The minimum Gasteiger partial charge on any atom is -0.497 e. The molecule has 0 aliphatic heterocycles. The molecule has 120 valence electrons. The maximum atomic E-state index is 12.3. The lowest BCUT2D eigenvalue weighted by Crippen LogP contribution is -2.22. The Morgan fingerprint density at radius 1 is 1.04 bits per heavy atom. The average molecular weight is 318 g/mol. The van der Waals surface area contributed by atoms with Crippen LogP contribution < -0.4 is 10.1 Å². The van der Waals surface area contributed by atoms with Crippen LogP contribution in [0, 0.1) is 0 Å². The van der Waals surface area contributed by atoms with Gasteiger partial charge >= 0.3 is 0 Å². The van der Waals surface area contributed by atoms with E-state index in [9.17, 15) is 4.79 Å². The monoisotopic (exact) mass is 318 g/mol. The first kappa shape index (κ1) is 15.7. The summed E-state index contributed by atoms with van der Waals surface area (Å²) in [6, 6.07) is 19.0. The molecular formula is C20H18N2O2. The van der Waals surface area contributed by atoms with Gasteiger partial charge in [0.15, 0.2) is 0 Å². The normalized spacial score (nSPS) is 10.2. The zero-order chi connectivity index (χ0) is 16.8. The van der Waals surface area contributed by atoms with Crippen molar-refractivity contribution in [2.75, 3.05) is 7.11 Å². The summed E-state index contributed by atoms with van der Waals surface area (Å²) in [7, 11) is 1.63. The van der Waals surface area contributed by atoms with Gasteiger partial charge in [-0.05, 0) is 47.0 Å². The second-order valence-electron chi connectivity index (χ2n) is 5.35.